The minimum Gasteiger partial charge on any atom is -0.329 e. The van der Waals surface area contributed by atoms with Gasteiger partial charge in [-0.3, -0.25) is 0 Å². The molecule has 0 aromatic rings. The van der Waals surface area contributed by atoms with Crippen molar-refractivity contribution in [3.63, 3.8) is 0 Å². The van der Waals surface area contributed by atoms with E-state index in [2.05, 4.69) is 25.5 Å². The summed E-state index contributed by atoms with van der Waals surface area (Å²) in [7, 11) is -3.37. The maximum atomic E-state index is 12.2. The summed E-state index contributed by atoms with van der Waals surface area (Å²) in [5, 5.41) is 0. The van der Waals surface area contributed by atoms with Gasteiger partial charge in [0.05, 0.1) is 0 Å². The predicted octanol–water partition coefficient (Wildman–Crippen LogP) is 1.35. The van der Waals surface area contributed by atoms with Crippen LogP contribution < -0.4 is 10.5 Å². The van der Waals surface area contributed by atoms with Gasteiger partial charge in [0.1, 0.15) is 0 Å². The number of rotatable bonds is 6. The Kier molecular flexibility index (Phi) is 8.47. The molecule has 0 aliphatic carbocycles. The largest absolute Gasteiger partial charge is 0.329 e. The minimum absolute atomic E-state index is 0. The van der Waals surface area contributed by atoms with Gasteiger partial charge < -0.3 is 5.73 Å². The van der Waals surface area contributed by atoms with Crippen LogP contribution in [-0.2, 0) is 10.2 Å². The molecule has 19 heavy (non-hydrogen) atoms. The highest BCUT2D eigenvalue weighted by atomic mass is 35.5. The van der Waals surface area contributed by atoms with E-state index < -0.39 is 10.2 Å². The second-order valence-corrected chi connectivity index (χ2v) is 7.49. The smallest absolute Gasteiger partial charge is 0.279 e. The average molecular weight is 314 g/mol. The van der Waals surface area contributed by atoms with Crippen molar-refractivity contribution in [3.8, 4) is 0 Å². The number of hydrogen-bond donors (Lipinski definition) is 2. The third-order valence-electron chi connectivity index (χ3n) is 3.32. The molecule has 116 valence electrons. The van der Waals surface area contributed by atoms with Crippen molar-refractivity contribution in [1.29, 1.82) is 0 Å². The van der Waals surface area contributed by atoms with Crippen molar-refractivity contribution in [2.45, 2.75) is 46.1 Å². The summed E-state index contributed by atoms with van der Waals surface area (Å²) < 4.78 is 28.8. The van der Waals surface area contributed by atoms with E-state index in [1.807, 2.05) is 0 Å². The van der Waals surface area contributed by atoms with Gasteiger partial charge in [0.2, 0.25) is 0 Å². The molecule has 7 heteroatoms. The number of nitrogens with zero attached hydrogens (tertiary/aromatic N) is 1. The van der Waals surface area contributed by atoms with Crippen molar-refractivity contribution in [2.75, 3.05) is 19.6 Å². The molecule has 0 amide bonds. The predicted molar refractivity (Wildman–Crippen MR) is 81.6 cm³/mol. The molecule has 0 spiro atoms. The van der Waals surface area contributed by atoms with Gasteiger partial charge >= 0.3 is 0 Å². The molecule has 2 atom stereocenters. The number of hydrogen-bond acceptors (Lipinski definition) is 3. The summed E-state index contributed by atoms with van der Waals surface area (Å²) in [6, 6.07) is -0.160. The molecule has 1 fully saturated rings. The number of nitrogens with two attached hydrogens (primary N) is 1. The van der Waals surface area contributed by atoms with Crippen LogP contribution in [0, 0.1) is 11.8 Å². The molecule has 1 rings (SSSR count). The zero-order valence-electron chi connectivity index (χ0n) is 12.1. The SMILES string of the molecule is CC(C)CC(CN)NS(=O)(=O)N1CCCC(C)C1.Cl. The lowest BCUT2D eigenvalue weighted by atomic mass is 10.0. The molecule has 3 N–H and O–H groups in total. The van der Waals surface area contributed by atoms with E-state index in [1.54, 1.807) is 4.31 Å². The van der Waals surface area contributed by atoms with Crippen molar-refractivity contribution < 1.29 is 8.42 Å². The first-order chi connectivity index (χ1) is 8.35. The highest BCUT2D eigenvalue weighted by molar-refractivity contribution is 7.87. The first-order valence-corrected chi connectivity index (χ1v) is 8.26. The molecule has 2 unspecified atom stereocenters. The fourth-order valence-electron chi connectivity index (χ4n) is 2.41. The monoisotopic (exact) mass is 313 g/mol. The third-order valence-corrected chi connectivity index (χ3v) is 4.96. The molecule has 0 bridgehead atoms. The molecule has 1 saturated heterocycles. The maximum absolute atomic E-state index is 12.2. The van der Waals surface area contributed by atoms with Crippen molar-refractivity contribution in [3.05, 3.63) is 0 Å². The summed E-state index contributed by atoms with van der Waals surface area (Å²) in [5.41, 5.74) is 5.64. The highest BCUT2D eigenvalue weighted by Gasteiger charge is 2.28. The van der Waals surface area contributed by atoms with Gasteiger partial charge in [-0.25, -0.2) is 0 Å². The Morgan fingerprint density at radius 2 is 2.05 bits per heavy atom. The molecule has 5 nitrogen and oxygen atoms in total. The lowest BCUT2D eigenvalue weighted by molar-refractivity contribution is 0.275. The summed E-state index contributed by atoms with van der Waals surface area (Å²) in [6.45, 7) is 7.82. The number of piperidine rings is 1. The van der Waals surface area contributed by atoms with Crippen LogP contribution in [0.2, 0.25) is 0 Å². The van der Waals surface area contributed by atoms with Crippen LogP contribution in [-0.4, -0.2) is 38.4 Å². The van der Waals surface area contributed by atoms with Crippen molar-refractivity contribution >= 4 is 22.6 Å². The molecule has 1 heterocycles. The van der Waals surface area contributed by atoms with Crippen LogP contribution in [0.15, 0.2) is 0 Å². The molecule has 0 radical (unpaired) electrons. The van der Waals surface area contributed by atoms with E-state index in [1.165, 1.54) is 0 Å². The van der Waals surface area contributed by atoms with Gasteiger partial charge in [-0.15, -0.1) is 12.4 Å². The summed E-state index contributed by atoms with van der Waals surface area (Å²) in [5.74, 6) is 0.873. The van der Waals surface area contributed by atoms with Crippen LogP contribution >= 0.6 is 12.4 Å². The van der Waals surface area contributed by atoms with Crippen LogP contribution in [0.4, 0.5) is 0 Å². The summed E-state index contributed by atoms with van der Waals surface area (Å²) in [4.78, 5) is 0. The molecule has 0 aromatic heterocycles. The molecular formula is C12H28ClN3O2S. The first-order valence-electron chi connectivity index (χ1n) is 6.82. The summed E-state index contributed by atoms with van der Waals surface area (Å²) in [6.07, 6.45) is 2.83. The Hall–Kier alpha value is 0.120. The van der Waals surface area contributed by atoms with Crippen molar-refractivity contribution in [2.24, 2.45) is 17.6 Å². The van der Waals surface area contributed by atoms with E-state index in [0.717, 1.165) is 19.3 Å². The normalized spacial score (nSPS) is 23.1. The second kappa shape index (κ2) is 8.42. The molecule has 0 saturated carbocycles. The number of nitrogens with one attached hydrogen (secondary N) is 1. The summed E-state index contributed by atoms with van der Waals surface area (Å²) >= 11 is 0. The Balaban J connectivity index is 0.00000324. The topological polar surface area (TPSA) is 75.4 Å². The second-order valence-electron chi connectivity index (χ2n) is 5.79. The Labute approximate surface area is 123 Å². The van der Waals surface area contributed by atoms with Gasteiger partial charge in [0.15, 0.2) is 0 Å². The Bertz CT molecular complexity index is 349. The quantitative estimate of drug-likeness (QED) is 0.777. The Morgan fingerprint density at radius 3 is 2.53 bits per heavy atom. The van der Waals surface area contributed by atoms with Crippen LogP contribution in [0.25, 0.3) is 0 Å². The zero-order chi connectivity index (χ0) is 13.8. The van der Waals surface area contributed by atoms with Crippen LogP contribution in [0.3, 0.4) is 0 Å². The lowest BCUT2D eigenvalue weighted by Crippen LogP contribution is -2.50. The van der Waals surface area contributed by atoms with Crippen LogP contribution in [0.1, 0.15) is 40.0 Å². The van der Waals surface area contributed by atoms with E-state index in [4.69, 9.17) is 5.73 Å². The molecule has 0 aromatic carbocycles. The van der Waals surface area contributed by atoms with E-state index in [-0.39, 0.29) is 18.4 Å². The first kappa shape index (κ1) is 19.1. The van der Waals surface area contributed by atoms with Gasteiger partial charge in [0, 0.05) is 25.7 Å². The fourth-order valence-corrected chi connectivity index (χ4v) is 3.99. The van der Waals surface area contributed by atoms with E-state index in [0.29, 0.717) is 31.5 Å². The van der Waals surface area contributed by atoms with Crippen molar-refractivity contribution in [1.82, 2.24) is 9.03 Å². The van der Waals surface area contributed by atoms with E-state index in [9.17, 15) is 8.42 Å². The maximum Gasteiger partial charge on any atom is 0.279 e. The van der Waals surface area contributed by atoms with Gasteiger partial charge in [-0.05, 0) is 31.1 Å². The van der Waals surface area contributed by atoms with Gasteiger partial charge in [-0.1, -0.05) is 20.8 Å². The highest BCUT2D eigenvalue weighted by Crippen LogP contribution is 2.18. The van der Waals surface area contributed by atoms with Gasteiger partial charge in [-0.2, -0.15) is 17.4 Å². The molecule has 1 aliphatic rings. The minimum atomic E-state index is -3.37. The van der Waals surface area contributed by atoms with Gasteiger partial charge in [0.25, 0.3) is 10.2 Å². The Morgan fingerprint density at radius 1 is 1.42 bits per heavy atom. The van der Waals surface area contributed by atoms with E-state index >= 15 is 0 Å². The standard InChI is InChI=1S/C12H27N3O2S.ClH/c1-10(2)7-12(8-13)14-18(16,17)15-6-4-5-11(3)9-15;/h10-12,14H,4-9,13H2,1-3H3;1H. The molecule has 1 aliphatic heterocycles. The number of halogens is 1. The lowest BCUT2D eigenvalue weighted by Gasteiger charge is -2.31. The van der Waals surface area contributed by atoms with Crippen LogP contribution in [0.5, 0.6) is 0 Å². The third kappa shape index (κ3) is 6.40. The zero-order valence-corrected chi connectivity index (χ0v) is 13.8. The fraction of sp³-hybridized carbons (Fsp3) is 1.00. The molecular weight excluding hydrogens is 286 g/mol. The average Bonchev–Trinajstić information content (AvgIpc) is 2.27.